The lowest BCUT2D eigenvalue weighted by Gasteiger charge is -2.15. The van der Waals surface area contributed by atoms with Gasteiger partial charge in [0.2, 0.25) is 12.1 Å². The van der Waals surface area contributed by atoms with E-state index >= 15 is 0 Å². The first-order chi connectivity index (χ1) is 29.5. The number of hydrogen-bond acceptors (Lipinski definition) is 10. The third kappa shape index (κ3) is 12.1. The molecule has 0 bridgehead atoms. The lowest BCUT2D eigenvalue weighted by Crippen LogP contribution is -2.32. The van der Waals surface area contributed by atoms with Crippen molar-refractivity contribution in [2.75, 3.05) is 21.3 Å². The van der Waals surface area contributed by atoms with Crippen LogP contribution >= 0.6 is 81.2 Å². The lowest BCUT2D eigenvalue weighted by molar-refractivity contribution is -0.127. The van der Waals surface area contributed by atoms with Crippen molar-refractivity contribution in [3.63, 3.8) is 0 Å². The standard InChI is InChI=1S/C41H29Cl7N8O6/c1-19(57)36(55-53-32-16-21(9-12-25(32)43)38(59)51-30-7-3-5-27(45)34(30)47)40(61)49-24-11-14-29(23(15-24)18-42)50-41(62)37(20(2)58)56-54-33-17-22(10-13-26(33)44)39(60)52-31-8-4-6-28(46)35(31)48/h3-17,36-37H,18H2,1-2H3,(H,49,61)(H,50,62)(H,51,59)(H,52,60). The van der Waals surface area contributed by atoms with E-state index in [2.05, 4.69) is 41.7 Å². The molecule has 0 aliphatic carbocycles. The van der Waals surface area contributed by atoms with Crippen molar-refractivity contribution < 1.29 is 28.8 Å². The molecule has 2 atom stereocenters. The molecule has 0 aromatic heterocycles. The fourth-order valence-electron chi connectivity index (χ4n) is 5.24. The van der Waals surface area contributed by atoms with Gasteiger partial charge in [-0.1, -0.05) is 81.7 Å². The lowest BCUT2D eigenvalue weighted by atomic mass is 10.1. The van der Waals surface area contributed by atoms with E-state index < -0.39 is 47.3 Å². The van der Waals surface area contributed by atoms with Gasteiger partial charge >= 0.3 is 0 Å². The molecule has 5 rings (SSSR count). The van der Waals surface area contributed by atoms with Crippen LogP contribution in [-0.2, 0) is 25.1 Å². The van der Waals surface area contributed by atoms with Gasteiger partial charge in [-0.15, -0.1) is 11.6 Å². The number of nitrogens with one attached hydrogen (secondary N) is 4. The van der Waals surface area contributed by atoms with Gasteiger partial charge in [0.15, 0.2) is 11.6 Å². The molecule has 0 heterocycles. The first kappa shape index (κ1) is 47.6. The number of azo groups is 2. The molecular formula is C41H29Cl7N8O6. The predicted octanol–water partition coefficient (Wildman–Crippen LogP) is 12.2. The molecule has 62 heavy (non-hydrogen) atoms. The highest BCUT2D eigenvalue weighted by atomic mass is 35.5. The quantitative estimate of drug-likeness (QED) is 0.0457. The van der Waals surface area contributed by atoms with Crippen molar-refractivity contribution in [1.82, 2.24) is 0 Å². The highest BCUT2D eigenvalue weighted by Crippen LogP contribution is 2.33. The second-order valence-corrected chi connectivity index (χ2v) is 15.5. The molecule has 5 aromatic rings. The van der Waals surface area contributed by atoms with Gasteiger partial charge in [-0.3, -0.25) is 28.8 Å². The van der Waals surface area contributed by atoms with Gasteiger partial charge in [-0.05, 0) is 98.3 Å². The third-order valence-corrected chi connectivity index (χ3v) is 11.0. The van der Waals surface area contributed by atoms with Crippen molar-refractivity contribution in [3.8, 4) is 0 Å². The molecule has 0 saturated heterocycles. The van der Waals surface area contributed by atoms with Gasteiger partial charge in [-0.2, -0.15) is 20.5 Å². The van der Waals surface area contributed by atoms with Crippen molar-refractivity contribution >= 4 is 151 Å². The maximum absolute atomic E-state index is 13.4. The minimum Gasteiger partial charge on any atom is -0.324 e. The predicted molar refractivity (Wildman–Crippen MR) is 243 cm³/mol. The van der Waals surface area contributed by atoms with Gasteiger partial charge in [0.05, 0.1) is 41.5 Å². The topological polar surface area (TPSA) is 200 Å². The van der Waals surface area contributed by atoms with E-state index in [1.807, 2.05) is 0 Å². The van der Waals surface area contributed by atoms with E-state index in [0.717, 1.165) is 13.8 Å². The molecule has 2 unspecified atom stereocenters. The molecular weight excluding hydrogens is 949 g/mol. The van der Waals surface area contributed by atoms with Crippen LogP contribution < -0.4 is 21.3 Å². The Kier molecular flexibility index (Phi) is 16.6. The summed E-state index contributed by atoms with van der Waals surface area (Å²) in [6, 6.07) is 18.6. The van der Waals surface area contributed by atoms with Crippen LogP contribution in [-0.4, -0.2) is 47.3 Å². The van der Waals surface area contributed by atoms with Crippen molar-refractivity contribution in [2.24, 2.45) is 20.5 Å². The molecule has 5 aromatic carbocycles. The zero-order chi connectivity index (χ0) is 45.2. The number of carbonyl (C=O) groups is 6. The zero-order valence-corrected chi connectivity index (χ0v) is 37.2. The molecule has 0 spiro atoms. The summed E-state index contributed by atoms with van der Waals surface area (Å²) < 4.78 is 0. The average Bonchev–Trinajstić information content (AvgIpc) is 3.22. The molecule has 4 N–H and O–H groups in total. The maximum atomic E-state index is 13.4. The number of hydrogen-bond donors (Lipinski definition) is 4. The second-order valence-electron chi connectivity index (χ2n) is 12.9. The molecule has 21 heteroatoms. The highest BCUT2D eigenvalue weighted by Gasteiger charge is 2.26. The number of Topliss-reactive ketones (excluding diaryl/α,β-unsaturated/α-hetero) is 2. The van der Waals surface area contributed by atoms with E-state index in [1.165, 1.54) is 54.6 Å². The number of halogens is 7. The third-order valence-electron chi connectivity index (χ3n) is 8.42. The number of alkyl halides is 1. The smallest absolute Gasteiger partial charge is 0.258 e. The maximum Gasteiger partial charge on any atom is 0.258 e. The minimum atomic E-state index is -1.65. The number of nitrogens with zero attached hydrogens (tertiary/aromatic N) is 4. The molecule has 0 radical (unpaired) electrons. The summed E-state index contributed by atoms with van der Waals surface area (Å²) in [6.07, 6.45) is 0. The summed E-state index contributed by atoms with van der Waals surface area (Å²) in [5.74, 6) is -4.41. The minimum absolute atomic E-state index is 0.0109. The monoisotopic (exact) mass is 974 g/mol. The van der Waals surface area contributed by atoms with E-state index in [-0.39, 0.29) is 81.3 Å². The van der Waals surface area contributed by atoms with Crippen LogP contribution in [0, 0.1) is 0 Å². The highest BCUT2D eigenvalue weighted by molar-refractivity contribution is 6.44. The average molecular weight is 978 g/mol. The Hall–Kier alpha value is -5.45. The number of rotatable bonds is 15. The Balaban J connectivity index is 1.26. The summed E-state index contributed by atoms with van der Waals surface area (Å²) in [5.41, 5.74) is 1.36. The van der Waals surface area contributed by atoms with Crippen LogP contribution in [0.4, 0.5) is 34.1 Å². The number of anilines is 4. The SMILES string of the molecule is CC(=O)C(N=Nc1cc(C(=O)Nc2cccc(Cl)c2Cl)ccc1Cl)C(=O)Nc1ccc(NC(=O)C(N=Nc2cc(C(=O)Nc3cccc(Cl)c3Cl)ccc2Cl)C(C)=O)c(CCl)c1. The first-order valence-corrected chi connectivity index (χ1v) is 20.5. The molecule has 0 saturated carbocycles. The van der Waals surface area contributed by atoms with Crippen LogP contribution in [0.5, 0.6) is 0 Å². The van der Waals surface area contributed by atoms with Gasteiger partial charge in [0.1, 0.15) is 11.4 Å². The van der Waals surface area contributed by atoms with Crippen molar-refractivity contribution in [1.29, 1.82) is 0 Å². The van der Waals surface area contributed by atoms with Gasteiger partial charge in [0, 0.05) is 28.4 Å². The second kappa shape index (κ2) is 21.6. The van der Waals surface area contributed by atoms with Crippen molar-refractivity contribution in [2.45, 2.75) is 31.8 Å². The molecule has 4 amide bonds. The Morgan fingerprint density at radius 3 is 1.40 bits per heavy atom. The summed E-state index contributed by atoms with van der Waals surface area (Å²) in [6.45, 7) is 2.27. The number of benzene rings is 5. The Morgan fingerprint density at radius 2 is 0.968 bits per heavy atom. The van der Waals surface area contributed by atoms with Crippen LogP contribution in [0.15, 0.2) is 111 Å². The fourth-order valence-corrected chi connectivity index (χ4v) is 6.47. The van der Waals surface area contributed by atoms with E-state index in [1.54, 1.807) is 36.4 Å². The largest absolute Gasteiger partial charge is 0.324 e. The molecule has 14 nitrogen and oxygen atoms in total. The summed E-state index contributed by atoms with van der Waals surface area (Å²) in [7, 11) is 0. The van der Waals surface area contributed by atoms with Gasteiger partial charge < -0.3 is 21.3 Å². The van der Waals surface area contributed by atoms with Crippen LogP contribution in [0.3, 0.4) is 0 Å². The van der Waals surface area contributed by atoms with E-state index in [0.29, 0.717) is 5.56 Å². The van der Waals surface area contributed by atoms with E-state index in [9.17, 15) is 28.8 Å². The Morgan fingerprint density at radius 1 is 0.516 bits per heavy atom. The Bertz CT molecular complexity index is 2680. The summed E-state index contributed by atoms with van der Waals surface area (Å²) >= 11 is 43.2. The molecule has 318 valence electrons. The number of ketones is 2. The summed E-state index contributed by atoms with van der Waals surface area (Å²) in [4.78, 5) is 77.7. The number of amides is 4. The van der Waals surface area contributed by atoms with Gasteiger partial charge in [-0.25, -0.2) is 0 Å². The number of carbonyl (C=O) groups excluding carboxylic acids is 6. The normalized spacial score (nSPS) is 12.1. The Labute approximate surface area is 388 Å². The van der Waals surface area contributed by atoms with E-state index in [4.69, 9.17) is 81.2 Å². The molecule has 0 fully saturated rings. The molecule has 0 aliphatic rings. The van der Waals surface area contributed by atoms with Crippen LogP contribution in [0.25, 0.3) is 0 Å². The summed E-state index contributed by atoms with van der Waals surface area (Å²) in [5, 5.41) is 27.2. The first-order valence-electron chi connectivity index (χ1n) is 17.7. The van der Waals surface area contributed by atoms with Crippen LogP contribution in [0.1, 0.15) is 40.1 Å². The van der Waals surface area contributed by atoms with Crippen molar-refractivity contribution in [3.05, 3.63) is 138 Å². The fraction of sp³-hybridized carbons (Fsp3) is 0.122. The molecule has 0 aliphatic heterocycles. The van der Waals surface area contributed by atoms with Crippen LogP contribution in [0.2, 0.25) is 30.1 Å². The zero-order valence-electron chi connectivity index (χ0n) is 31.9. The van der Waals surface area contributed by atoms with Gasteiger partial charge in [0.25, 0.3) is 23.6 Å².